The molecule has 0 aliphatic carbocycles. The Morgan fingerprint density at radius 3 is 1.63 bits per heavy atom. The van der Waals surface area contributed by atoms with E-state index in [0.717, 1.165) is 32.1 Å². The number of likely N-dealkylation sites (N-methyl/N-ethyl adjacent to an activating group) is 1. The van der Waals surface area contributed by atoms with E-state index in [1.54, 1.807) is 6.08 Å². The quantitative estimate of drug-likeness (QED) is 0.0158. The van der Waals surface area contributed by atoms with E-state index in [1.165, 1.54) is 128 Å². The number of phosphoric ester groups is 1. The van der Waals surface area contributed by atoms with Crippen molar-refractivity contribution < 1.29 is 47.2 Å². The maximum Gasteiger partial charge on any atom is 0.306 e. The Bertz CT molecular complexity index is 1230. The summed E-state index contributed by atoms with van der Waals surface area (Å²) >= 11 is 0. The van der Waals surface area contributed by atoms with Crippen LogP contribution < -0.4 is 4.89 Å². The summed E-state index contributed by atoms with van der Waals surface area (Å²) < 4.78 is 33.9. The third-order valence-electron chi connectivity index (χ3n) is 10.9. The fraction of sp³-hybridized carbons (Fsp3) is 0.808. The lowest BCUT2D eigenvalue weighted by molar-refractivity contribution is -0.870. The molecule has 0 radical (unpaired) electrons. The average Bonchev–Trinajstić information content (AvgIpc) is 3.23. The van der Waals surface area contributed by atoms with Crippen molar-refractivity contribution in [2.24, 2.45) is 0 Å². The Morgan fingerprint density at radius 2 is 1.08 bits per heavy atom. The first-order valence-corrected chi connectivity index (χ1v) is 26.9. The second kappa shape index (κ2) is 43.8. The van der Waals surface area contributed by atoms with Crippen molar-refractivity contribution in [3.05, 3.63) is 48.6 Å². The molecule has 0 bridgehead atoms. The molecule has 1 N–H and O–H groups in total. The Labute approximate surface area is 386 Å². The van der Waals surface area contributed by atoms with Gasteiger partial charge in [0.25, 0.3) is 7.82 Å². The van der Waals surface area contributed by atoms with Gasteiger partial charge in [-0.3, -0.25) is 14.2 Å². The second-order valence-electron chi connectivity index (χ2n) is 18.4. The molecule has 0 aromatic carbocycles. The fourth-order valence-corrected chi connectivity index (χ4v) is 7.63. The van der Waals surface area contributed by atoms with Crippen LogP contribution >= 0.6 is 7.82 Å². The molecule has 0 aliphatic rings. The molecule has 0 saturated carbocycles. The maximum absolute atomic E-state index is 12.7. The number of quaternary nitrogens is 1. The van der Waals surface area contributed by atoms with Crippen LogP contribution in [-0.4, -0.2) is 81.2 Å². The van der Waals surface area contributed by atoms with Crippen LogP contribution in [0.25, 0.3) is 0 Å². The predicted octanol–water partition coefficient (Wildman–Crippen LogP) is 13.4. The molecule has 3 atom stereocenters. The zero-order valence-electron chi connectivity index (χ0n) is 41.1. The van der Waals surface area contributed by atoms with Crippen LogP contribution in [0.15, 0.2) is 48.6 Å². The van der Waals surface area contributed by atoms with E-state index in [-0.39, 0.29) is 26.1 Å². The number of esters is 2. The molecule has 10 nitrogen and oxygen atoms in total. The van der Waals surface area contributed by atoms with Crippen LogP contribution in [0.2, 0.25) is 0 Å². The topological polar surface area (TPSA) is 131 Å². The zero-order valence-corrected chi connectivity index (χ0v) is 42.0. The molecule has 0 aromatic rings. The van der Waals surface area contributed by atoms with Gasteiger partial charge in [-0.15, -0.1) is 0 Å². The highest BCUT2D eigenvalue weighted by Crippen LogP contribution is 2.38. The van der Waals surface area contributed by atoms with Crippen LogP contribution in [0.3, 0.4) is 0 Å². The number of carbonyl (C=O) groups is 2. The van der Waals surface area contributed by atoms with Gasteiger partial charge in [0.05, 0.1) is 33.9 Å². The smallest absolute Gasteiger partial charge is 0.306 e. The van der Waals surface area contributed by atoms with E-state index >= 15 is 0 Å². The molecule has 0 spiro atoms. The molecule has 0 saturated heterocycles. The van der Waals surface area contributed by atoms with Gasteiger partial charge in [-0.1, -0.05) is 204 Å². The van der Waals surface area contributed by atoms with Gasteiger partial charge in [-0.25, -0.2) is 0 Å². The monoisotopic (exact) mass is 910 g/mol. The summed E-state index contributed by atoms with van der Waals surface area (Å²) in [6.45, 7) is 4.07. The lowest BCUT2D eigenvalue weighted by Crippen LogP contribution is -2.37. The predicted molar refractivity (Wildman–Crippen MR) is 260 cm³/mol. The minimum atomic E-state index is -4.66. The highest BCUT2D eigenvalue weighted by molar-refractivity contribution is 7.45. The third kappa shape index (κ3) is 47.7. The van der Waals surface area contributed by atoms with Gasteiger partial charge in [-0.2, -0.15) is 0 Å². The summed E-state index contributed by atoms with van der Waals surface area (Å²) in [5.41, 5.74) is 0. The lowest BCUT2D eigenvalue weighted by Gasteiger charge is -2.28. The van der Waals surface area contributed by atoms with Crippen molar-refractivity contribution in [2.75, 3.05) is 47.5 Å². The van der Waals surface area contributed by atoms with E-state index in [2.05, 4.69) is 19.9 Å². The Hall–Kier alpha value is -2.07. The molecule has 0 aromatic heterocycles. The molecule has 63 heavy (non-hydrogen) atoms. The second-order valence-corrected chi connectivity index (χ2v) is 19.8. The number of nitrogens with zero attached hydrogens (tertiary/aromatic N) is 1. The number of phosphoric acid groups is 1. The van der Waals surface area contributed by atoms with E-state index in [1.807, 2.05) is 57.6 Å². The number of allylic oxidation sites excluding steroid dienone is 6. The number of hydrogen-bond acceptors (Lipinski definition) is 9. The van der Waals surface area contributed by atoms with Crippen LogP contribution in [0.1, 0.15) is 213 Å². The Kier molecular flexibility index (Phi) is 42.4. The van der Waals surface area contributed by atoms with Crippen LogP contribution in [0, 0.1) is 0 Å². The fourth-order valence-electron chi connectivity index (χ4n) is 6.91. The van der Waals surface area contributed by atoms with E-state index in [9.17, 15) is 24.2 Å². The summed E-state index contributed by atoms with van der Waals surface area (Å²) in [6.07, 6.45) is 48.9. The maximum atomic E-state index is 12.7. The van der Waals surface area contributed by atoms with Gasteiger partial charge in [-0.05, 0) is 44.9 Å². The van der Waals surface area contributed by atoms with Crippen molar-refractivity contribution in [3.63, 3.8) is 0 Å². The summed E-state index contributed by atoms with van der Waals surface area (Å²) in [6, 6.07) is 0. The number of carbonyl (C=O) groups excluding carboxylic acids is 2. The molecule has 368 valence electrons. The van der Waals surface area contributed by atoms with Crippen molar-refractivity contribution in [1.29, 1.82) is 0 Å². The molecule has 0 aliphatic heterocycles. The molecule has 11 heteroatoms. The number of rotatable bonds is 46. The molecule has 0 amide bonds. The molecular weight excluding hydrogens is 814 g/mol. The normalized spacial score (nSPS) is 14.3. The molecule has 0 fully saturated rings. The van der Waals surface area contributed by atoms with Gasteiger partial charge in [0.2, 0.25) is 0 Å². The van der Waals surface area contributed by atoms with Crippen molar-refractivity contribution in [1.82, 2.24) is 0 Å². The van der Waals surface area contributed by atoms with Gasteiger partial charge in [0.1, 0.15) is 19.8 Å². The summed E-state index contributed by atoms with van der Waals surface area (Å²) in [5, 5.41) is 10.1. The largest absolute Gasteiger partial charge is 0.756 e. The molecule has 0 heterocycles. The van der Waals surface area contributed by atoms with Crippen molar-refractivity contribution in [2.45, 2.75) is 225 Å². The molecular formula is C52H96NO9P. The summed E-state index contributed by atoms with van der Waals surface area (Å²) in [7, 11) is 1.10. The SMILES string of the molecule is CCCCC/C=C\C=C/[C@@H](O)C/C=C\C/C=C/CCCC(=O)OC[C@H](COP(=O)([O-])OCC[N+](C)(C)C)OC(=O)CCCCCCCCCCCCCCCCCCCCCCC. The third-order valence-corrected chi connectivity index (χ3v) is 11.9. The molecule has 1 unspecified atom stereocenters. The highest BCUT2D eigenvalue weighted by atomic mass is 31.2. The van der Waals surface area contributed by atoms with Crippen LogP contribution in [-0.2, 0) is 32.7 Å². The highest BCUT2D eigenvalue weighted by Gasteiger charge is 2.21. The van der Waals surface area contributed by atoms with E-state index < -0.39 is 38.6 Å². The summed E-state index contributed by atoms with van der Waals surface area (Å²) in [4.78, 5) is 37.7. The van der Waals surface area contributed by atoms with E-state index in [0.29, 0.717) is 36.7 Å². The average molecular weight is 910 g/mol. The zero-order chi connectivity index (χ0) is 46.5. The lowest BCUT2D eigenvalue weighted by atomic mass is 10.0. The first kappa shape index (κ1) is 60.9. The molecule has 0 rings (SSSR count). The van der Waals surface area contributed by atoms with Crippen molar-refractivity contribution in [3.8, 4) is 0 Å². The van der Waals surface area contributed by atoms with Gasteiger partial charge in [0.15, 0.2) is 6.10 Å². The minimum Gasteiger partial charge on any atom is -0.756 e. The first-order valence-electron chi connectivity index (χ1n) is 25.5. The van der Waals surface area contributed by atoms with E-state index in [4.69, 9.17) is 18.5 Å². The van der Waals surface area contributed by atoms with Gasteiger partial charge >= 0.3 is 11.9 Å². The van der Waals surface area contributed by atoms with Gasteiger partial charge < -0.3 is 33.0 Å². The summed E-state index contributed by atoms with van der Waals surface area (Å²) in [5.74, 6) is -0.935. The number of unbranched alkanes of at least 4 members (excludes halogenated alkanes) is 24. The number of hydrogen-bond donors (Lipinski definition) is 1. The first-order chi connectivity index (χ1) is 30.4. The minimum absolute atomic E-state index is 0.0496. The number of aliphatic hydroxyl groups is 1. The van der Waals surface area contributed by atoms with Gasteiger partial charge in [0, 0.05) is 12.8 Å². The standard InChI is InChI=1S/C52H96NO9P/c1-6-8-10-12-14-15-16-17-18-19-20-21-22-23-24-25-26-27-31-36-40-44-52(56)62-50(48-61-63(57,58)60-46-45-53(3,4)5)47-59-51(55)43-39-35-32-28-30-34-38-42-49(54)41-37-33-29-13-11-9-7-2/h28-29,32-34,37-38,41,49-50,54H,6-27,30-31,35-36,39-40,42-48H2,1-5H3/b32-28+,33-29-,38-34-,41-37-/t49-,50-/m1/s1. The Morgan fingerprint density at radius 1 is 0.587 bits per heavy atom. The van der Waals surface area contributed by atoms with Crippen molar-refractivity contribution >= 4 is 19.8 Å². The van der Waals surface area contributed by atoms with Crippen LogP contribution in [0.5, 0.6) is 0 Å². The Balaban J connectivity index is 4.36. The number of ether oxygens (including phenoxy) is 2. The van der Waals surface area contributed by atoms with Crippen LogP contribution in [0.4, 0.5) is 0 Å². The number of aliphatic hydroxyl groups excluding tert-OH is 1.